The lowest BCUT2D eigenvalue weighted by atomic mass is 10.2. The zero-order chi connectivity index (χ0) is 15.9. The highest BCUT2D eigenvalue weighted by molar-refractivity contribution is 5.84. The van der Waals surface area contributed by atoms with Gasteiger partial charge in [-0.3, -0.25) is 15.4 Å². The van der Waals surface area contributed by atoms with Gasteiger partial charge in [0.25, 0.3) is 5.69 Å². The second-order valence-corrected chi connectivity index (χ2v) is 4.44. The van der Waals surface area contributed by atoms with Gasteiger partial charge in [0.2, 0.25) is 0 Å². The molecule has 0 saturated carbocycles. The maximum absolute atomic E-state index is 11.1. The van der Waals surface area contributed by atoms with Crippen LogP contribution in [0.4, 0.5) is 21.9 Å². The van der Waals surface area contributed by atoms with Crippen LogP contribution in [0.5, 0.6) is 0 Å². The maximum atomic E-state index is 11.1. The fourth-order valence-electron chi connectivity index (χ4n) is 1.85. The Morgan fingerprint density at radius 2 is 1.86 bits per heavy atom. The molecule has 0 aliphatic carbocycles. The number of carbonyl (C=O) groups is 1. The maximum Gasteiger partial charge on any atom is 0.411 e. The molecule has 2 rings (SSSR count). The van der Waals surface area contributed by atoms with Crippen molar-refractivity contribution < 1.29 is 14.5 Å². The van der Waals surface area contributed by atoms with Crippen molar-refractivity contribution in [3.63, 3.8) is 0 Å². The van der Waals surface area contributed by atoms with Crippen molar-refractivity contribution >= 4 is 23.2 Å². The molecule has 7 nitrogen and oxygen atoms in total. The molecular formula is C15H15N3O4. The summed E-state index contributed by atoms with van der Waals surface area (Å²) in [5.41, 5.74) is 2.03. The Labute approximate surface area is 127 Å². The molecular weight excluding hydrogens is 286 g/mol. The number of para-hydroxylation sites is 2. The first kappa shape index (κ1) is 15.3. The Morgan fingerprint density at radius 1 is 1.18 bits per heavy atom. The Kier molecular flexibility index (Phi) is 4.92. The van der Waals surface area contributed by atoms with E-state index in [0.29, 0.717) is 17.9 Å². The zero-order valence-electron chi connectivity index (χ0n) is 11.9. The van der Waals surface area contributed by atoms with Crippen molar-refractivity contribution in [1.82, 2.24) is 0 Å². The number of amides is 1. The summed E-state index contributed by atoms with van der Waals surface area (Å²) in [5, 5.41) is 16.5. The first-order valence-corrected chi connectivity index (χ1v) is 6.51. The van der Waals surface area contributed by atoms with Crippen molar-refractivity contribution in [3.8, 4) is 0 Å². The number of anilines is 2. The third kappa shape index (κ3) is 3.95. The van der Waals surface area contributed by atoms with E-state index in [1.165, 1.54) is 13.2 Å². The number of nitrogens with one attached hydrogen (secondary N) is 2. The van der Waals surface area contributed by atoms with Crippen LogP contribution in [0.3, 0.4) is 0 Å². The highest BCUT2D eigenvalue weighted by Gasteiger charge is 2.11. The normalized spacial score (nSPS) is 9.86. The SMILES string of the molecule is COC(=O)Nc1ccc(CNc2ccccc2[N+](=O)[O-])cc1. The highest BCUT2D eigenvalue weighted by atomic mass is 16.6. The fraction of sp³-hybridized carbons (Fsp3) is 0.133. The van der Waals surface area contributed by atoms with Gasteiger partial charge in [0.1, 0.15) is 5.69 Å². The predicted octanol–water partition coefficient (Wildman–Crippen LogP) is 3.39. The van der Waals surface area contributed by atoms with Crippen LogP contribution in [-0.2, 0) is 11.3 Å². The first-order valence-electron chi connectivity index (χ1n) is 6.51. The Balaban J connectivity index is 2.00. The molecule has 0 aliphatic rings. The van der Waals surface area contributed by atoms with Crippen LogP contribution in [0.1, 0.15) is 5.56 Å². The minimum absolute atomic E-state index is 0.0338. The number of rotatable bonds is 5. The van der Waals surface area contributed by atoms with Gasteiger partial charge < -0.3 is 10.1 Å². The second-order valence-electron chi connectivity index (χ2n) is 4.44. The molecule has 1 amide bonds. The largest absolute Gasteiger partial charge is 0.453 e. The van der Waals surface area contributed by atoms with Crippen LogP contribution in [0.2, 0.25) is 0 Å². The average Bonchev–Trinajstić information content (AvgIpc) is 2.54. The lowest BCUT2D eigenvalue weighted by Crippen LogP contribution is -2.10. The van der Waals surface area contributed by atoms with Gasteiger partial charge in [0.05, 0.1) is 12.0 Å². The van der Waals surface area contributed by atoms with Crippen molar-refractivity contribution in [3.05, 3.63) is 64.2 Å². The molecule has 2 aromatic rings. The van der Waals surface area contributed by atoms with Crippen LogP contribution in [0.15, 0.2) is 48.5 Å². The van der Waals surface area contributed by atoms with Crippen molar-refractivity contribution in [1.29, 1.82) is 0 Å². The molecule has 0 aliphatic heterocycles. The van der Waals surface area contributed by atoms with E-state index in [9.17, 15) is 14.9 Å². The molecule has 0 saturated heterocycles. The van der Waals surface area contributed by atoms with E-state index in [1.54, 1.807) is 30.3 Å². The van der Waals surface area contributed by atoms with Gasteiger partial charge in [-0.2, -0.15) is 0 Å². The second kappa shape index (κ2) is 7.07. The van der Waals surface area contributed by atoms with Gasteiger partial charge in [0.15, 0.2) is 0 Å². The first-order chi connectivity index (χ1) is 10.6. The highest BCUT2D eigenvalue weighted by Crippen LogP contribution is 2.23. The van der Waals surface area contributed by atoms with Crippen LogP contribution >= 0.6 is 0 Å². The van der Waals surface area contributed by atoms with Crippen LogP contribution in [0, 0.1) is 10.1 Å². The summed E-state index contributed by atoms with van der Waals surface area (Å²) in [6, 6.07) is 13.5. The molecule has 0 aromatic heterocycles. The third-order valence-electron chi connectivity index (χ3n) is 2.97. The summed E-state index contributed by atoms with van der Waals surface area (Å²) >= 11 is 0. The van der Waals surface area contributed by atoms with E-state index in [1.807, 2.05) is 12.1 Å². The summed E-state index contributed by atoms with van der Waals surface area (Å²) in [5.74, 6) is 0. The van der Waals surface area contributed by atoms with Crippen LogP contribution in [0.25, 0.3) is 0 Å². The van der Waals surface area contributed by atoms with Gasteiger partial charge in [-0.1, -0.05) is 24.3 Å². The quantitative estimate of drug-likeness (QED) is 0.652. The van der Waals surface area contributed by atoms with Crippen LogP contribution < -0.4 is 10.6 Å². The zero-order valence-corrected chi connectivity index (χ0v) is 11.9. The molecule has 0 atom stereocenters. The summed E-state index contributed by atoms with van der Waals surface area (Å²) in [6.45, 7) is 0.434. The van der Waals surface area contributed by atoms with Crippen LogP contribution in [-0.4, -0.2) is 18.1 Å². The number of hydrogen-bond acceptors (Lipinski definition) is 5. The molecule has 22 heavy (non-hydrogen) atoms. The van der Waals surface area contributed by atoms with E-state index >= 15 is 0 Å². The smallest absolute Gasteiger partial charge is 0.411 e. The van der Waals surface area contributed by atoms with Gasteiger partial charge in [-0.25, -0.2) is 4.79 Å². The monoisotopic (exact) mass is 301 g/mol. The van der Waals surface area contributed by atoms with Crippen molar-refractivity contribution in [2.24, 2.45) is 0 Å². The number of hydrogen-bond donors (Lipinski definition) is 2. The minimum Gasteiger partial charge on any atom is -0.453 e. The summed E-state index contributed by atoms with van der Waals surface area (Å²) < 4.78 is 4.50. The number of benzene rings is 2. The van der Waals surface area contributed by atoms with E-state index in [2.05, 4.69) is 15.4 Å². The summed E-state index contributed by atoms with van der Waals surface area (Å²) in [6.07, 6.45) is -0.536. The molecule has 0 fully saturated rings. The number of carbonyl (C=O) groups excluding carboxylic acids is 1. The molecule has 0 radical (unpaired) electrons. The molecule has 0 bridgehead atoms. The third-order valence-corrected chi connectivity index (χ3v) is 2.97. The number of ether oxygens (including phenoxy) is 1. The molecule has 2 N–H and O–H groups in total. The van der Waals surface area contributed by atoms with E-state index < -0.39 is 11.0 Å². The number of nitrogens with zero attached hydrogens (tertiary/aromatic N) is 1. The predicted molar refractivity (Wildman–Crippen MR) is 82.9 cm³/mol. The minimum atomic E-state index is -0.536. The lowest BCUT2D eigenvalue weighted by Gasteiger charge is -2.08. The molecule has 7 heteroatoms. The van der Waals surface area contributed by atoms with Gasteiger partial charge >= 0.3 is 6.09 Å². The number of nitro groups is 1. The molecule has 2 aromatic carbocycles. The lowest BCUT2D eigenvalue weighted by molar-refractivity contribution is -0.384. The van der Waals surface area contributed by atoms with Gasteiger partial charge in [-0.05, 0) is 23.8 Å². The standard InChI is InChI=1S/C15H15N3O4/c1-22-15(19)17-12-8-6-11(7-9-12)10-16-13-4-2-3-5-14(13)18(20)21/h2-9,16H,10H2,1H3,(H,17,19). The Hall–Kier alpha value is -3.09. The number of nitro benzene ring substituents is 1. The molecule has 0 unspecified atom stereocenters. The average molecular weight is 301 g/mol. The molecule has 0 spiro atoms. The summed E-state index contributed by atoms with van der Waals surface area (Å²) in [4.78, 5) is 21.6. The van der Waals surface area contributed by atoms with Gasteiger partial charge in [0, 0.05) is 18.3 Å². The molecule has 0 heterocycles. The fourth-order valence-corrected chi connectivity index (χ4v) is 1.85. The van der Waals surface area contributed by atoms with E-state index in [0.717, 1.165) is 5.56 Å². The number of methoxy groups -OCH3 is 1. The van der Waals surface area contributed by atoms with Crippen molar-refractivity contribution in [2.45, 2.75) is 6.54 Å². The molecule has 114 valence electrons. The Morgan fingerprint density at radius 3 is 2.50 bits per heavy atom. The van der Waals surface area contributed by atoms with E-state index in [-0.39, 0.29) is 5.69 Å². The van der Waals surface area contributed by atoms with Crippen molar-refractivity contribution in [2.75, 3.05) is 17.7 Å². The topological polar surface area (TPSA) is 93.5 Å². The van der Waals surface area contributed by atoms with E-state index in [4.69, 9.17) is 0 Å². The Bertz CT molecular complexity index is 671. The van der Waals surface area contributed by atoms with Gasteiger partial charge in [-0.15, -0.1) is 0 Å². The summed E-state index contributed by atoms with van der Waals surface area (Å²) in [7, 11) is 1.29.